The van der Waals surface area contributed by atoms with Crippen LogP contribution in [0.2, 0.25) is 5.28 Å². The zero-order valence-electron chi connectivity index (χ0n) is 13.9. The number of hydrogen-bond acceptors (Lipinski definition) is 5. The van der Waals surface area contributed by atoms with Crippen LogP contribution in [0, 0.1) is 0 Å². The summed E-state index contributed by atoms with van der Waals surface area (Å²) in [6.45, 7) is -3.70. The van der Waals surface area contributed by atoms with Crippen molar-refractivity contribution in [3.63, 3.8) is 0 Å². The first-order chi connectivity index (χ1) is 11.7. The van der Waals surface area contributed by atoms with Crippen molar-refractivity contribution < 1.29 is 17.7 Å². The van der Waals surface area contributed by atoms with Gasteiger partial charge in [-0.25, -0.2) is 13.8 Å². The van der Waals surface area contributed by atoms with Crippen molar-refractivity contribution in [2.24, 2.45) is 0 Å². The molecule has 0 radical (unpaired) electrons. The maximum absolute atomic E-state index is 12.5. The molecule has 1 aliphatic rings. The zero-order valence-corrected chi connectivity index (χ0v) is 11.7. The number of aromatic nitrogens is 4. The molecule has 0 saturated heterocycles. The molecule has 10 heteroatoms. The third kappa shape index (κ3) is 2.59. The van der Waals surface area contributed by atoms with Gasteiger partial charge >= 0.3 is 0 Å². The fraction of sp³-hybridized carbons (Fsp3) is 0.333. The predicted molar refractivity (Wildman–Crippen MR) is 75.7 cm³/mol. The first kappa shape index (κ1) is 11.3. The average Bonchev–Trinajstić information content (AvgIpc) is 2.92. The van der Waals surface area contributed by atoms with Crippen molar-refractivity contribution in [1.29, 1.82) is 0 Å². The van der Waals surface area contributed by atoms with Gasteiger partial charge in [-0.3, -0.25) is 9.48 Å². The van der Waals surface area contributed by atoms with E-state index in [1.165, 1.54) is 17.3 Å². The molecule has 3 heterocycles. The van der Waals surface area contributed by atoms with E-state index >= 15 is 0 Å². The molecule has 0 unspecified atom stereocenters. The van der Waals surface area contributed by atoms with E-state index in [0.717, 1.165) is 10.9 Å². The van der Waals surface area contributed by atoms with Crippen molar-refractivity contribution in [2.75, 3.05) is 23.3 Å². The third-order valence-electron chi connectivity index (χ3n) is 3.02. The summed E-state index contributed by atoms with van der Waals surface area (Å²) in [6.07, 6.45) is 1.13. The summed E-state index contributed by atoms with van der Waals surface area (Å²) in [6, 6.07) is 0. The normalized spacial score (nSPS) is 17.3. The number of halogens is 3. The van der Waals surface area contributed by atoms with Gasteiger partial charge in [0.15, 0.2) is 5.82 Å². The minimum Gasteiger partial charge on any atom is -0.312 e. The van der Waals surface area contributed by atoms with E-state index in [4.69, 9.17) is 15.7 Å². The molecule has 0 saturated carbocycles. The van der Waals surface area contributed by atoms with Crippen molar-refractivity contribution in [1.82, 2.24) is 19.7 Å². The van der Waals surface area contributed by atoms with Gasteiger partial charge in [0.2, 0.25) is 11.2 Å². The molecule has 116 valence electrons. The van der Waals surface area contributed by atoms with Crippen LogP contribution >= 0.6 is 11.6 Å². The topological polar surface area (TPSA) is 67.2 Å². The number of carbonyl (C=O) groups excluding carboxylic acids is 1. The summed E-state index contributed by atoms with van der Waals surface area (Å²) in [5.74, 6) is -0.646. The smallest absolute Gasteiger partial charge is 0.257 e. The van der Waals surface area contributed by atoms with Crippen LogP contribution in [-0.4, -0.2) is 45.6 Å². The largest absolute Gasteiger partial charge is 0.312 e. The van der Waals surface area contributed by atoms with Crippen molar-refractivity contribution in [2.45, 2.75) is 13.0 Å². The van der Waals surface area contributed by atoms with Gasteiger partial charge in [0.1, 0.15) is 18.8 Å². The summed E-state index contributed by atoms with van der Waals surface area (Å²) in [5.41, 5.74) is 0.248. The van der Waals surface area contributed by atoms with E-state index in [1.807, 2.05) is 0 Å². The fourth-order valence-corrected chi connectivity index (χ4v) is 2.19. The van der Waals surface area contributed by atoms with Gasteiger partial charge < -0.3 is 9.80 Å². The molecule has 1 aliphatic heterocycles. The number of hydrogen-bond donors (Lipinski definition) is 0. The third-order valence-corrected chi connectivity index (χ3v) is 3.20. The van der Waals surface area contributed by atoms with Crippen molar-refractivity contribution in [3.05, 3.63) is 23.9 Å². The summed E-state index contributed by atoms with van der Waals surface area (Å²) in [7, 11) is 0. The molecule has 2 aromatic rings. The number of anilines is 3. The highest BCUT2D eigenvalue weighted by Crippen LogP contribution is 2.35. The minimum atomic E-state index is -2.73. The standard InChI is InChI=1S/C12H11ClF2N6O/c1-19-8-3-16-12(13)18-11(8)21(6-10(19)22)7-2-17-20(4-7)5-9(14)15/h2-4,9H,5-6H2,1H3/i1D3. The first-order valence-electron chi connectivity index (χ1n) is 7.60. The number of rotatable bonds is 3. The Balaban J connectivity index is 2.06. The van der Waals surface area contributed by atoms with Gasteiger partial charge in [0.25, 0.3) is 6.43 Å². The van der Waals surface area contributed by atoms with Gasteiger partial charge in [-0.05, 0) is 11.6 Å². The molecule has 2 aromatic heterocycles. The quantitative estimate of drug-likeness (QED) is 0.801. The highest BCUT2D eigenvalue weighted by atomic mass is 35.5. The SMILES string of the molecule is [2H]C([2H])([2H])N1C(=O)CN(c2cnn(CC(F)F)c2)c2nc(Cl)ncc21. The Hall–Kier alpha value is -2.29. The highest BCUT2D eigenvalue weighted by molar-refractivity contribution is 6.28. The lowest BCUT2D eigenvalue weighted by molar-refractivity contribution is -0.117. The maximum Gasteiger partial charge on any atom is 0.257 e. The summed E-state index contributed by atoms with van der Waals surface area (Å²) in [5, 5.41) is 3.65. The Labute approximate surface area is 133 Å². The molecule has 22 heavy (non-hydrogen) atoms. The Morgan fingerprint density at radius 1 is 1.50 bits per heavy atom. The van der Waals surface area contributed by atoms with E-state index in [0.29, 0.717) is 10.6 Å². The van der Waals surface area contributed by atoms with Gasteiger partial charge in [-0.1, -0.05) is 0 Å². The highest BCUT2D eigenvalue weighted by Gasteiger charge is 2.30. The molecule has 0 aromatic carbocycles. The molecule has 7 nitrogen and oxygen atoms in total. The number of alkyl halides is 2. The zero-order chi connectivity index (χ0) is 18.4. The molecule has 1 amide bonds. The number of carbonyl (C=O) groups is 1. The van der Waals surface area contributed by atoms with Crippen LogP contribution in [0.25, 0.3) is 0 Å². The van der Waals surface area contributed by atoms with Crippen molar-refractivity contribution >= 4 is 34.7 Å². The summed E-state index contributed by atoms with van der Waals surface area (Å²) >= 11 is 5.79. The lowest BCUT2D eigenvalue weighted by Gasteiger charge is -2.33. The Bertz CT molecular complexity index is 814. The van der Waals surface area contributed by atoms with E-state index in [-0.39, 0.29) is 23.3 Å². The van der Waals surface area contributed by atoms with Crippen LogP contribution in [0.15, 0.2) is 18.6 Å². The molecule has 0 atom stereocenters. The molecule has 0 spiro atoms. The maximum atomic E-state index is 12.5. The average molecular weight is 332 g/mol. The van der Waals surface area contributed by atoms with Crippen LogP contribution in [0.1, 0.15) is 4.11 Å². The van der Waals surface area contributed by atoms with Crippen LogP contribution in [0.3, 0.4) is 0 Å². The Morgan fingerprint density at radius 3 is 3.05 bits per heavy atom. The first-order valence-corrected chi connectivity index (χ1v) is 6.48. The molecule has 0 fully saturated rings. The molecule has 0 N–H and O–H groups in total. The molecule has 0 aliphatic carbocycles. The lowest BCUT2D eigenvalue weighted by atomic mass is 10.2. The summed E-state index contributed by atoms with van der Waals surface area (Å²) in [4.78, 5) is 22.0. The molecule has 0 bridgehead atoms. The Morgan fingerprint density at radius 2 is 2.32 bits per heavy atom. The van der Waals surface area contributed by atoms with Gasteiger partial charge in [0, 0.05) is 17.3 Å². The lowest BCUT2D eigenvalue weighted by Crippen LogP contribution is -2.42. The van der Waals surface area contributed by atoms with Crippen LogP contribution < -0.4 is 9.80 Å². The second-order valence-corrected chi connectivity index (χ2v) is 4.81. The van der Waals surface area contributed by atoms with Crippen LogP contribution in [0.5, 0.6) is 0 Å². The molecular weight excluding hydrogens is 318 g/mol. The second kappa shape index (κ2) is 5.48. The van der Waals surface area contributed by atoms with Gasteiger partial charge in [-0.2, -0.15) is 10.1 Å². The number of nitrogens with zero attached hydrogens (tertiary/aromatic N) is 6. The van der Waals surface area contributed by atoms with E-state index in [1.54, 1.807) is 0 Å². The van der Waals surface area contributed by atoms with Crippen LogP contribution in [0.4, 0.5) is 26.0 Å². The Kier molecular flexibility index (Phi) is 2.82. The van der Waals surface area contributed by atoms with Crippen LogP contribution in [-0.2, 0) is 11.3 Å². The predicted octanol–water partition coefficient (Wildman–Crippen LogP) is 1.71. The fourth-order valence-electron chi connectivity index (χ4n) is 2.06. The van der Waals surface area contributed by atoms with Gasteiger partial charge in [0.05, 0.1) is 18.1 Å². The number of fused-ring (bicyclic) bond motifs is 1. The number of amides is 1. The molecular formula is C12H11ClF2N6O. The van der Waals surface area contributed by atoms with Crippen molar-refractivity contribution in [3.8, 4) is 0 Å². The molecule has 3 rings (SSSR count). The van der Waals surface area contributed by atoms with E-state index in [2.05, 4.69) is 15.1 Å². The van der Waals surface area contributed by atoms with Gasteiger partial charge in [-0.15, -0.1) is 0 Å². The minimum absolute atomic E-state index is 0.0535. The van der Waals surface area contributed by atoms with E-state index < -0.39 is 25.9 Å². The summed E-state index contributed by atoms with van der Waals surface area (Å²) < 4.78 is 48.5. The monoisotopic (exact) mass is 331 g/mol. The second-order valence-electron chi connectivity index (χ2n) is 4.47. The van der Waals surface area contributed by atoms with E-state index in [9.17, 15) is 13.6 Å². The number of likely N-dealkylation sites (N-methyl/N-ethyl adjacent to an activating group) is 1.